The largest absolute Gasteiger partial charge is 0.354 e. The van der Waals surface area contributed by atoms with Gasteiger partial charge in [0.25, 0.3) is 5.91 Å². The lowest BCUT2D eigenvalue weighted by molar-refractivity contribution is 0.102. The zero-order valence-electron chi connectivity index (χ0n) is 14.0. The van der Waals surface area contributed by atoms with E-state index in [0.717, 1.165) is 42.8 Å². The Balaban J connectivity index is 2.15. The molecule has 1 heterocycles. The van der Waals surface area contributed by atoms with Gasteiger partial charge in [-0.1, -0.05) is 38.5 Å². The Kier molecular flexibility index (Phi) is 6.09. The number of aromatic nitrogens is 2. The fourth-order valence-corrected chi connectivity index (χ4v) is 2.28. The maximum Gasteiger partial charge on any atom is 0.274 e. The Labute approximate surface area is 137 Å². The van der Waals surface area contributed by atoms with Gasteiger partial charge >= 0.3 is 0 Å². The predicted molar refractivity (Wildman–Crippen MR) is 93.9 cm³/mol. The van der Waals surface area contributed by atoms with Gasteiger partial charge in [-0.25, -0.2) is 9.97 Å². The van der Waals surface area contributed by atoms with Crippen LogP contribution >= 0.6 is 0 Å². The molecule has 1 aromatic heterocycles. The van der Waals surface area contributed by atoms with E-state index in [2.05, 4.69) is 34.4 Å². The fourth-order valence-electron chi connectivity index (χ4n) is 2.28. The molecule has 1 amide bonds. The third-order valence-corrected chi connectivity index (χ3v) is 3.55. The number of unbranched alkanes of at least 4 members (excludes halogenated alkanes) is 1. The fraction of sp³-hybridized carbons (Fsp3) is 0.389. The summed E-state index contributed by atoms with van der Waals surface area (Å²) in [4.78, 5) is 21.1. The molecule has 5 nitrogen and oxygen atoms in total. The zero-order valence-corrected chi connectivity index (χ0v) is 14.0. The average Bonchev–Trinajstić information content (AvgIpc) is 2.55. The molecule has 0 aliphatic carbocycles. The standard InChI is InChI=1S/C18H24N4O/c1-4-6-11-19-18-20-13(3)12-16(22-18)17(23)21-15-10-8-7-9-14(15)5-2/h7-10,12H,4-6,11H2,1-3H3,(H,21,23)(H,19,20,22). The van der Waals surface area contributed by atoms with E-state index < -0.39 is 0 Å². The van der Waals surface area contributed by atoms with Crippen molar-refractivity contribution in [1.29, 1.82) is 0 Å². The number of anilines is 2. The van der Waals surface area contributed by atoms with Gasteiger partial charge in [0.15, 0.2) is 0 Å². The van der Waals surface area contributed by atoms with Crippen LogP contribution in [0, 0.1) is 6.92 Å². The van der Waals surface area contributed by atoms with E-state index in [1.165, 1.54) is 0 Å². The number of rotatable bonds is 7. The molecule has 0 radical (unpaired) electrons. The lowest BCUT2D eigenvalue weighted by atomic mass is 10.1. The average molecular weight is 312 g/mol. The predicted octanol–water partition coefficient (Wildman–Crippen LogP) is 3.81. The van der Waals surface area contributed by atoms with Crippen LogP contribution in [0.1, 0.15) is 48.4 Å². The Morgan fingerprint density at radius 3 is 2.70 bits per heavy atom. The Morgan fingerprint density at radius 1 is 1.17 bits per heavy atom. The summed E-state index contributed by atoms with van der Waals surface area (Å²) in [7, 11) is 0. The molecule has 122 valence electrons. The van der Waals surface area contributed by atoms with Gasteiger partial charge in [0.1, 0.15) is 5.69 Å². The number of nitrogens with zero attached hydrogens (tertiary/aromatic N) is 2. The number of amides is 1. The highest BCUT2D eigenvalue weighted by Gasteiger charge is 2.12. The van der Waals surface area contributed by atoms with Gasteiger partial charge in [0, 0.05) is 17.9 Å². The summed E-state index contributed by atoms with van der Waals surface area (Å²) in [6, 6.07) is 9.51. The first-order valence-electron chi connectivity index (χ1n) is 8.12. The minimum absolute atomic E-state index is 0.213. The second-order valence-electron chi connectivity index (χ2n) is 5.46. The number of para-hydroxylation sites is 1. The molecule has 0 bridgehead atoms. The normalized spacial score (nSPS) is 10.4. The van der Waals surface area contributed by atoms with Crippen molar-refractivity contribution < 1.29 is 4.79 Å². The molecule has 23 heavy (non-hydrogen) atoms. The van der Waals surface area contributed by atoms with Crippen molar-refractivity contribution in [3.05, 3.63) is 47.3 Å². The van der Waals surface area contributed by atoms with E-state index in [1.807, 2.05) is 31.2 Å². The first-order chi connectivity index (χ1) is 11.1. The van der Waals surface area contributed by atoms with Gasteiger partial charge in [-0.05, 0) is 37.5 Å². The van der Waals surface area contributed by atoms with E-state index in [1.54, 1.807) is 6.07 Å². The van der Waals surface area contributed by atoms with E-state index in [4.69, 9.17) is 0 Å². The van der Waals surface area contributed by atoms with Crippen LogP contribution in [0.4, 0.5) is 11.6 Å². The molecule has 0 saturated carbocycles. The molecule has 5 heteroatoms. The molecular formula is C18H24N4O. The Morgan fingerprint density at radius 2 is 1.96 bits per heavy atom. The molecule has 2 rings (SSSR count). The number of hydrogen-bond donors (Lipinski definition) is 2. The van der Waals surface area contributed by atoms with Crippen molar-refractivity contribution in [2.24, 2.45) is 0 Å². The smallest absolute Gasteiger partial charge is 0.274 e. The minimum Gasteiger partial charge on any atom is -0.354 e. The third kappa shape index (κ3) is 4.77. The number of carbonyl (C=O) groups is 1. The first kappa shape index (κ1) is 16.9. The van der Waals surface area contributed by atoms with Crippen LogP contribution in [0.15, 0.2) is 30.3 Å². The maximum absolute atomic E-state index is 12.5. The van der Waals surface area contributed by atoms with Gasteiger partial charge in [0.05, 0.1) is 0 Å². The summed E-state index contributed by atoms with van der Waals surface area (Å²) in [6.45, 7) is 6.86. The van der Waals surface area contributed by atoms with Crippen molar-refractivity contribution in [2.45, 2.75) is 40.0 Å². The van der Waals surface area contributed by atoms with E-state index >= 15 is 0 Å². The molecule has 0 saturated heterocycles. The SMILES string of the molecule is CCCCNc1nc(C)cc(C(=O)Nc2ccccc2CC)n1. The molecule has 0 atom stereocenters. The van der Waals surface area contributed by atoms with Gasteiger partial charge in [-0.15, -0.1) is 0 Å². The van der Waals surface area contributed by atoms with Crippen LogP contribution in [-0.2, 0) is 6.42 Å². The summed E-state index contributed by atoms with van der Waals surface area (Å²) < 4.78 is 0. The second kappa shape index (κ2) is 8.27. The minimum atomic E-state index is -0.213. The molecule has 0 aliphatic rings. The summed E-state index contributed by atoms with van der Waals surface area (Å²) in [5, 5.41) is 6.11. The highest BCUT2D eigenvalue weighted by molar-refractivity contribution is 6.03. The maximum atomic E-state index is 12.5. The summed E-state index contributed by atoms with van der Waals surface area (Å²) in [6.07, 6.45) is 3.01. The molecule has 0 aliphatic heterocycles. The van der Waals surface area contributed by atoms with Crippen LogP contribution in [0.3, 0.4) is 0 Å². The van der Waals surface area contributed by atoms with Crippen LogP contribution in [0.5, 0.6) is 0 Å². The lowest BCUT2D eigenvalue weighted by Crippen LogP contribution is -2.17. The molecule has 0 unspecified atom stereocenters. The van der Waals surface area contributed by atoms with Gasteiger partial charge < -0.3 is 10.6 Å². The number of aryl methyl sites for hydroxylation is 2. The summed E-state index contributed by atoms with van der Waals surface area (Å²) in [5.41, 5.74) is 3.08. The highest BCUT2D eigenvalue weighted by atomic mass is 16.1. The Bertz CT molecular complexity index is 670. The van der Waals surface area contributed by atoms with Gasteiger partial charge in [0.2, 0.25) is 5.95 Å². The van der Waals surface area contributed by atoms with Crippen molar-refractivity contribution in [3.63, 3.8) is 0 Å². The first-order valence-corrected chi connectivity index (χ1v) is 8.12. The highest BCUT2D eigenvalue weighted by Crippen LogP contribution is 2.16. The van der Waals surface area contributed by atoms with Crippen LogP contribution in [0.25, 0.3) is 0 Å². The molecule has 2 aromatic rings. The van der Waals surface area contributed by atoms with E-state index in [0.29, 0.717) is 11.6 Å². The second-order valence-corrected chi connectivity index (χ2v) is 5.46. The summed E-state index contributed by atoms with van der Waals surface area (Å²) in [5.74, 6) is 0.294. The van der Waals surface area contributed by atoms with Gasteiger partial charge in [-0.2, -0.15) is 0 Å². The van der Waals surface area contributed by atoms with Crippen LogP contribution in [-0.4, -0.2) is 22.4 Å². The monoisotopic (exact) mass is 312 g/mol. The lowest BCUT2D eigenvalue weighted by Gasteiger charge is -2.11. The van der Waals surface area contributed by atoms with Crippen molar-refractivity contribution >= 4 is 17.5 Å². The molecule has 1 aromatic carbocycles. The topological polar surface area (TPSA) is 66.9 Å². The van der Waals surface area contributed by atoms with E-state index in [9.17, 15) is 4.79 Å². The quantitative estimate of drug-likeness (QED) is 0.763. The Hall–Kier alpha value is -2.43. The van der Waals surface area contributed by atoms with Crippen LogP contribution < -0.4 is 10.6 Å². The van der Waals surface area contributed by atoms with Crippen LogP contribution in [0.2, 0.25) is 0 Å². The molecule has 2 N–H and O–H groups in total. The van der Waals surface area contributed by atoms with Crippen molar-refractivity contribution in [2.75, 3.05) is 17.2 Å². The number of carbonyl (C=O) groups excluding carboxylic acids is 1. The van der Waals surface area contributed by atoms with Crippen molar-refractivity contribution in [3.8, 4) is 0 Å². The third-order valence-electron chi connectivity index (χ3n) is 3.55. The number of nitrogens with one attached hydrogen (secondary N) is 2. The van der Waals surface area contributed by atoms with E-state index in [-0.39, 0.29) is 5.91 Å². The van der Waals surface area contributed by atoms with Gasteiger partial charge in [-0.3, -0.25) is 4.79 Å². The van der Waals surface area contributed by atoms with Crippen molar-refractivity contribution in [1.82, 2.24) is 9.97 Å². The molecule has 0 spiro atoms. The number of benzene rings is 1. The molecular weight excluding hydrogens is 288 g/mol. The molecule has 0 fully saturated rings. The number of hydrogen-bond acceptors (Lipinski definition) is 4. The zero-order chi connectivity index (χ0) is 16.7. The summed E-state index contributed by atoms with van der Waals surface area (Å²) >= 11 is 0.